The van der Waals surface area contributed by atoms with Gasteiger partial charge in [-0.3, -0.25) is 0 Å². The standard InChI is InChI=1S/C10H21N/c1-7-6-8(7)9(11-5)10(2,3)4/h7-9,11H,6H2,1-5H3. The molecule has 1 heteroatoms. The third-order valence-corrected chi connectivity index (χ3v) is 2.84. The summed E-state index contributed by atoms with van der Waals surface area (Å²) in [6.07, 6.45) is 1.42. The SMILES string of the molecule is CNC(C1CC1C)C(C)(C)C. The Balaban J connectivity index is 2.51. The van der Waals surface area contributed by atoms with Gasteiger partial charge in [-0.1, -0.05) is 27.7 Å². The third-order valence-electron chi connectivity index (χ3n) is 2.84. The van der Waals surface area contributed by atoms with Gasteiger partial charge in [0.2, 0.25) is 0 Å². The molecule has 0 heterocycles. The molecule has 3 atom stereocenters. The first-order valence-electron chi connectivity index (χ1n) is 4.64. The number of hydrogen-bond acceptors (Lipinski definition) is 1. The minimum Gasteiger partial charge on any atom is -0.316 e. The van der Waals surface area contributed by atoms with Gasteiger partial charge in [0.15, 0.2) is 0 Å². The number of hydrogen-bond donors (Lipinski definition) is 1. The maximum atomic E-state index is 3.43. The molecule has 1 aliphatic carbocycles. The first-order chi connectivity index (χ1) is 4.96. The summed E-state index contributed by atoms with van der Waals surface area (Å²) in [6.45, 7) is 9.30. The van der Waals surface area contributed by atoms with E-state index >= 15 is 0 Å². The summed E-state index contributed by atoms with van der Waals surface area (Å²) in [5, 5.41) is 3.43. The Morgan fingerprint density at radius 2 is 1.82 bits per heavy atom. The summed E-state index contributed by atoms with van der Waals surface area (Å²) in [7, 11) is 2.08. The lowest BCUT2D eigenvalue weighted by molar-refractivity contribution is 0.247. The van der Waals surface area contributed by atoms with E-state index in [0.717, 1.165) is 11.8 Å². The zero-order valence-corrected chi connectivity index (χ0v) is 8.44. The average Bonchev–Trinajstić information content (AvgIpc) is 2.45. The molecule has 3 unspecified atom stereocenters. The van der Waals surface area contributed by atoms with E-state index in [-0.39, 0.29) is 0 Å². The number of rotatable bonds is 2. The zero-order valence-electron chi connectivity index (χ0n) is 8.44. The molecule has 1 fully saturated rings. The Labute approximate surface area is 70.6 Å². The van der Waals surface area contributed by atoms with E-state index in [1.807, 2.05) is 0 Å². The van der Waals surface area contributed by atoms with E-state index in [9.17, 15) is 0 Å². The van der Waals surface area contributed by atoms with E-state index in [2.05, 4.69) is 40.1 Å². The van der Waals surface area contributed by atoms with Gasteiger partial charge in [0.25, 0.3) is 0 Å². The molecule has 0 radical (unpaired) electrons. The maximum absolute atomic E-state index is 3.43. The largest absolute Gasteiger partial charge is 0.316 e. The molecule has 0 aromatic rings. The van der Waals surface area contributed by atoms with Crippen LogP contribution in [0.1, 0.15) is 34.1 Å². The molecule has 0 aromatic carbocycles. The van der Waals surface area contributed by atoms with Crippen LogP contribution < -0.4 is 5.32 Å². The molecule has 0 aromatic heterocycles. The van der Waals surface area contributed by atoms with E-state index in [1.54, 1.807) is 0 Å². The smallest absolute Gasteiger partial charge is 0.0143 e. The lowest BCUT2D eigenvalue weighted by atomic mass is 9.83. The molecule has 1 saturated carbocycles. The summed E-state index contributed by atoms with van der Waals surface area (Å²) in [5.41, 5.74) is 0.421. The van der Waals surface area contributed by atoms with Crippen molar-refractivity contribution < 1.29 is 0 Å². The van der Waals surface area contributed by atoms with Crippen LogP contribution in [-0.4, -0.2) is 13.1 Å². The Bertz CT molecular complexity index is 134. The van der Waals surface area contributed by atoms with Crippen molar-refractivity contribution in [1.29, 1.82) is 0 Å². The minimum absolute atomic E-state index is 0.421. The predicted molar refractivity (Wildman–Crippen MR) is 49.6 cm³/mol. The summed E-state index contributed by atoms with van der Waals surface area (Å²) in [5.74, 6) is 1.88. The van der Waals surface area contributed by atoms with Gasteiger partial charge in [0.05, 0.1) is 0 Å². The lowest BCUT2D eigenvalue weighted by Gasteiger charge is -2.30. The van der Waals surface area contributed by atoms with Gasteiger partial charge in [-0.05, 0) is 30.7 Å². The molecular formula is C10H21N. The first-order valence-corrected chi connectivity index (χ1v) is 4.64. The van der Waals surface area contributed by atoms with Crippen molar-refractivity contribution in [2.24, 2.45) is 17.3 Å². The Kier molecular flexibility index (Phi) is 2.29. The van der Waals surface area contributed by atoms with Crippen LogP contribution in [0, 0.1) is 17.3 Å². The van der Waals surface area contributed by atoms with Crippen LogP contribution in [0.15, 0.2) is 0 Å². The van der Waals surface area contributed by atoms with Gasteiger partial charge in [-0.15, -0.1) is 0 Å². The topological polar surface area (TPSA) is 12.0 Å². The van der Waals surface area contributed by atoms with Crippen LogP contribution in [-0.2, 0) is 0 Å². The Hall–Kier alpha value is -0.0400. The van der Waals surface area contributed by atoms with Crippen LogP contribution >= 0.6 is 0 Å². The minimum atomic E-state index is 0.421. The van der Waals surface area contributed by atoms with E-state index < -0.39 is 0 Å². The zero-order chi connectivity index (χ0) is 8.65. The Morgan fingerprint density at radius 1 is 1.36 bits per heavy atom. The van der Waals surface area contributed by atoms with Crippen LogP contribution in [0.2, 0.25) is 0 Å². The van der Waals surface area contributed by atoms with Crippen molar-refractivity contribution >= 4 is 0 Å². The van der Waals surface area contributed by atoms with Crippen molar-refractivity contribution in [2.75, 3.05) is 7.05 Å². The monoisotopic (exact) mass is 155 g/mol. The first kappa shape index (κ1) is 9.05. The molecule has 1 rings (SSSR count). The molecule has 1 nitrogen and oxygen atoms in total. The van der Waals surface area contributed by atoms with Crippen LogP contribution in [0.25, 0.3) is 0 Å². The van der Waals surface area contributed by atoms with E-state index in [1.165, 1.54) is 6.42 Å². The third kappa shape index (κ3) is 1.96. The highest BCUT2D eigenvalue weighted by Gasteiger charge is 2.43. The second kappa shape index (κ2) is 2.78. The highest BCUT2D eigenvalue weighted by molar-refractivity contribution is 4.97. The molecule has 66 valence electrons. The fourth-order valence-electron chi connectivity index (χ4n) is 2.10. The summed E-state index contributed by atoms with van der Waals surface area (Å²) < 4.78 is 0. The van der Waals surface area contributed by atoms with Crippen LogP contribution in [0.3, 0.4) is 0 Å². The molecule has 11 heavy (non-hydrogen) atoms. The quantitative estimate of drug-likeness (QED) is 0.645. The molecule has 1 N–H and O–H groups in total. The van der Waals surface area contributed by atoms with Gasteiger partial charge in [-0.25, -0.2) is 0 Å². The second-order valence-corrected chi connectivity index (χ2v) is 5.01. The van der Waals surface area contributed by atoms with Gasteiger partial charge >= 0.3 is 0 Å². The van der Waals surface area contributed by atoms with Gasteiger partial charge in [-0.2, -0.15) is 0 Å². The average molecular weight is 155 g/mol. The summed E-state index contributed by atoms with van der Waals surface area (Å²) in [4.78, 5) is 0. The molecule has 0 amide bonds. The van der Waals surface area contributed by atoms with Crippen LogP contribution in [0.4, 0.5) is 0 Å². The van der Waals surface area contributed by atoms with Crippen molar-refractivity contribution in [3.63, 3.8) is 0 Å². The molecule has 0 bridgehead atoms. The normalized spacial score (nSPS) is 33.5. The fourth-order valence-corrected chi connectivity index (χ4v) is 2.10. The lowest BCUT2D eigenvalue weighted by Crippen LogP contribution is -2.40. The fraction of sp³-hybridized carbons (Fsp3) is 1.00. The summed E-state index contributed by atoms with van der Waals surface area (Å²) >= 11 is 0. The second-order valence-electron chi connectivity index (χ2n) is 5.01. The van der Waals surface area contributed by atoms with Crippen molar-refractivity contribution in [3.8, 4) is 0 Å². The number of nitrogens with one attached hydrogen (secondary N) is 1. The molecular weight excluding hydrogens is 134 g/mol. The highest BCUT2D eigenvalue weighted by atomic mass is 14.9. The Morgan fingerprint density at radius 3 is 1.91 bits per heavy atom. The molecule has 0 aliphatic heterocycles. The molecule has 0 spiro atoms. The van der Waals surface area contributed by atoms with Crippen molar-refractivity contribution in [2.45, 2.75) is 40.2 Å². The maximum Gasteiger partial charge on any atom is 0.0143 e. The van der Waals surface area contributed by atoms with E-state index in [0.29, 0.717) is 11.5 Å². The summed E-state index contributed by atoms with van der Waals surface area (Å²) in [6, 6.07) is 0.706. The van der Waals surface area contributed by atoms with E-state index in [4.69, 9.17) is 0 Å². The van der Waals surface area contributed by atoms with Gasteiger partial charge in [0, 0.05) is 6.04 Å². The predicted octanol–water partition coefficient (Wildman–Crippen LogP) is 2.28. The van der Waals surface area contributed by atoms with Gasteiger partial charge < -0.3 is 5.32 Å². The molecule has 0 saturated heterocycles. The highest BCUT2D eigenvalue weighted by Crippen LogP contribution is 2.45. The van der Waals surface area contributed by atoms with Gasteiger partial charge in [0.1, 0.15) is 0 Å². The van der Waals surface area contributed by atoms with Crippen molar-refractivity contribution in [1.82, 2.24) is 5.32 Å². The van der Waals surface area contributed by atoms with Crippen LogP contribution in [0.5, 0.6) is 0 Å². The van der Waals surface area contributed by atoms with Crippen molar-refractivity contribution in [3.05, 3.63) is 0 Å². The molecule has 1 aliphatic rings.